The van der Waals surface area contributed by atoms with E-state index in [1.165, 1.54) is 77.0 Å². The molecule has 44 heavy (non-hydrogen) atoms. The molecule has 2 aliphatic rings. The van der Waals surface area contributed by atoms with Gasteiger partial charge in [0.2, 0.25) is 0 Å². The fourth-order valence-electron chi connectivity index (χ4n) is 6.85. The van der Waals surface area contributed by atoms with Gasteiger partial charge in [-0.05, 0) is 113 Å². The van der Waals surface area contributed by atoms with Crippen LogP contribution in [-0.4, -0.2) is 74.2 Å². The van der Waals surface area contributed by atoms with Crippen molar-refractivity contribution in [1.82, 2.24) is 9.80 Å². The first-order valence-electron chi connectivity index (χ1n) is 18.8. The maximum absolute atomic E-state index is 12.2. The molecule has 0 aliphatic carbocycles. The van der Waals surface area contributed by atoms with E-state index in [0.717, 1.165) is 76.8 Å². The number of carbonyl (C=O) groups is 2. The number of ether oxygens (including phenoxy) is 2. The summed E-state index contributed by atoms with van der Waals surface area (Å²) in [5.41, 5.74) is 0.844. The smallest absolute Gasteiger partial charge is 0.307 e. The molecule has 0 N–H and O–H groups in total. The average Bonchev–Trinajstić information content (AvgIpc) is 3.03. The molecule has 0 spiro atoms. The van der Waals surface area contributed by atoms with Crippen molar-refractivity contribution in [3.8, 4) is 0 Å². The number of likely N-dealkylation sites (tertiary alicyclic amines) is 2. The van der Waals surface area contributed by atoms with Gasteiger partial charge in [-0.3, -0.25) is 9.59 Å². The standard InChI is InChI=1S/C38H72N2O4/c1-7-37(4,5)23-10-12-31-43-35(41)21-29-39-25-17-33(18-26-39)15-14-16-34-19-27-40(28-20-34)30-22-36(42)44-32-13-11-24-38(6,8-2)9-3/h33-34H,7-32H2,1-6H3. The van der Waals surface area contributed by atoms with E-state index in [9.17, 15) is 9.59 Å². The summed E-state index contributed by atoms with van der Waals surface area (Å²) in [6.07, 6.45) is 20.5. The molecule has 6 nitrogen and oxygen atoms in total. The highest BCUT2D eigenvalue weighted by Gasteiger charge is 2.23. The number of rotatable bonds is 23. The highest BCUT2D eigenvalue weighted by atomic mass is 16.5. The van der Waals surface area contributed by atoms with Gasteiger partial charge in [-0.2, -0.15) is 0 Å². The third-order valence-electron chi connectivity index (χ3n) is 11.5. The van der Waals surface area contributed by atoms with Gasteiger partial charge in [0.1, 0.15) is 0 Å². The van der Waals surface area contributed by atoms with Gasteiger partial charge in [-0.15, -0.1) is 0 Å². The molecule has 0 aromatic heterocycles. The van der Waals surface area contributed by atoms with Crippen LogP contribution >= 0.6 is 0 Å². The molecule has 0 saturated carbocycles. The molecule has 6 heteroatoms. The zero-order valence-electron chi connectivity index (χ0n) is 30.1. The third kappa shape index (κ3) is 17.0. The minimum Gasteiger partial charge on any atom is -0.466 e. The Kier molecular flexibility index (Phi) is 19.2. The van der Waals surface area contributed by atoms with Crippen molar-refractivity contribution in [3.05, 3.63) is 0 Å². The lowest BCUT2D eigenvalue weighted by Gasteiger charge is -2.33. The van der Waals surface area contributed by atoms with Gasteiger partial charge in [0, 0.05) is 13.1 Å². The Hall–Kier alpha value is -1.14. The normalized spacial score (nSPS) is 18.0. The Balaban J connectivity index is 1.42. The molecule has 2 fully saturated rings. The molecule has 2 aliphatic heterocycles. The number of piperidine rings is 2. The molecule has 0 aromatic rings. The quantitative estimate of drug-likeness (QED) is 0.0839. The molecule has 0 bridgehead atoms. The van der Waals surface area contributed by atoms with Gasteiger partial charge in [-0.1, -0.05) is 80.1 Å². The van der Waals surface area contributed by atoms with Crippen molar-refractivity contribution in [3.63, 3.8) is 0 Å². The Morgan fingerprint density at radius 1 is 0.614 bits per heavy atom. The molecule has 2 saturated heterocycles. The molecule has 0 atom stereocenters. The van der Waals surface area contributed by atoms with E-state index in [2.05, 4.69) is 51.3 Å². The lowest BCUT2D eigenvalue weighted by molar-refractivity contribution is -0.145. The molecule has 2 rings (SSSR count). The van der Waals surface area contributed by atoms with Gasteiger partial charge in [-0.25, -0.2) is 0 Å². The lowest BCUT2D eigenvalue weighted by Crippen LogP contribution is -2.36. The summed E-state index contributed by atoms with van der Waals surface area (Å²) >= 11 is 0. The second-order valence-electron chi connectivity index (χ2n) is 15.4. The number of carbonyl (C=O) groups excluding carboxylic acids is 2. The van der Waals surface area contributed by atoms with Crippen LogP contribution in [0.25, 0.3) is 0 Å². The predicted molar refractivity (Wildman–Crippen MR) is 184 cm³/mol. The van der Waals surface area contributed by atoms with Crippen LogP contribution in [-0.2, 0) is 19.1 Å². The third-order valence-corrected chi connectivity index (χ3v) is 11.5. The van der Waals surface area contributed by atoms with Crippen LogP contribution < -0.4 is 0 Å². The zero-order chi connectivity index (χ0) is 32.3. The second-order valence-corrected chi connectivity index (χ2v) is 15.4. The van der Waals surface area contributed by atoms with Gasteiger partial charge < -0.3 is 19.3 Å². The van der Waals surface area contributed by atoms with Crippen molar-refractivity contribution < 1.29 is 19.1 Å². The Bertz CT molecular complexity index is 765. The maximum Gasteiger partial charge on any atom is 0.307 e. The van der Waals surface area contributed by atoms with Gasteiger partial charge in [0.25, 0.3) is 0 Å². The van der Waals surface area contributed by atoms with Crippen LogP contribution in [0.15, 0.2) is 0 Å². The minimum absolute atomic E-state index is 0.0238. The van der Waals surface area contributed by atoms with Crippen molar-refractivity contribution in [1.29, 1.82) is 0 Å². The second kappa shape index (κ2) is 21.6. The van der Waals surface area contributed by atoms with Crippen molar-refractivity contribution in [2.45, 2.75) is 157 Å². The monoisotopic (exact) mass is 621 g/mol. The molecule has 0 amide bonds. The molecule has 0 aromatic carbocycles. The first kappa shape index (κ1) is 39.0. The van der Waals surface area contributed by atoms with Crippen LogP contribution in [0.1, 0.15) is 157 Å². The summed E-state index contributed by atoms with van der Waals surface area (Å²) in [4.78, 5) is 29.3. The Morgan fingerprint density at radius 2 is 1.05 bits per heavy atom. The fraction of sp³-hybridized carbons (Fsp3) is 0.947. The number of unbranched alkanes of at least 4 members (excludes halogenated alkanes) is 2. The fourth-order valence-corrected chi connectivity index (χ4v) is 6.85. The summed E-state index contributed by atoms with van der Waals surface area (Å²) in [5, 5.41) is 0. The summed E-state index contributed by atoms with van der Waals surface area (Å²) in [5.74, 6) is 1.64. The first-order chi connectivity index (χ1) is 21.1. The number of hydrogen-bond acceptors (Lipinski definition) is 6. The summed E-state index contributed by atoms with van der Waals surface area (Å²) in [7, 11) is 0. The lowest BCUT2D eigenvalue weighted by atomic mass is 9.80. The van der Waals surface area contributed by atoms with E-state index in [0.29, 0.717) is 36.9 Å². The van der Waals surface area contributed by atoms with Gasteiger partial charge >= 0.3 is 11.9 Å². The van der Waals surface area contributed by atoms with E-state index in [4.69, 9.17) is 9.47 Å². The van der Waals surface area contributed by atoms with Crippen molar-refractivity contribution in [2.24, 2.45) is 22.7 Å². The zero-order valence-corrected chi connectivity index (χ0v) is 30.1. The molecule has 2 heterocycles. The molecule has 258 valence electrons. The molecular formula is C38H72N2O4. The topological polar surface area (TPSA) is 59.1 Å². The van der Waals surface area contributed by atoms with Crippen LogP contribution in [0.4, 0.5) is 0 Å². The summed E-state index contributed by atoms with van der Waals surface area (Å²) < 4.78 is 11.0. The highest BCUT2D eigenvalue weighted by Crippen LogP contribution is 2.32. The molecule has 0 radical (unpaired) electrons. The van der Waals surface area contributed by atoms with E-state index in [1.54, 1.807) is 0 Å². The van der Waals surface area contributed by atoms with Crippen LogP contribution in [0.5, 0.6) is 0 Å². The molecular weight excluding hydrogens is 548 g/mol. The van der Waals surface area contributed by atoms with Gasteiger partial charge in [0.05, 0.1) is 26.1 Å². The predicted octanol–water partition coefficient (Wildman–Crippen LogP) is 9.05. The summed E-state index contributed by atoms with van der Waals surface area (Å²) in [6, 6.07) is 0. The van der Waals surface area contributed by atoms with Crippen LogP contribution in [0.2, 0.25) is 0 Å². The van der Waals surface area contributed by atoms with E-state index >= 15 is 0 Å². The number of esters is 2. The first-order valence-corrected chi connectivity index (χ1v) is 18.8. The SMILES string of the molecule is CCC(C)(C)CCCCOC(=O)CCN1CCC(CCCC2CCN(CCC(=O)OCCCCC(C)(CC)CC)CC2)CC1. The minimum atomic E-state index is -0.0272. The average molecular weight is 621 g/mol. The van der Waals surface area contributed by atoms with Crippen LogP contribution in [0, 0.1) is 22.7 Å². The number of hydrogen-bond donors (Lipinski definition) is 0. The Morgan fingerprint density at radius 3 is 1.45 bits per heavy atom. The van der Waals surface area contributed by atoms with Crippen molar-refractivity contribution >= 4 is 11.9 Å². The number of nitrogens with zero attached hydrogens (tertiary/aromatic N) is 2. The largest absolute Gasteiger partial charge is 0.466 e. The van der Waals surface area contributed by atoms with Gasteiger partial charge in [0.15, 0.2) is 0 Å². The molecule has 0 unspecified atom stereocenters. The van der Waals surface area contributed by atoms with E-state index in [-0.39, 0.29) is 11.9 Å². The Labute approximate surface area is 272 Å². The van der Waals surface area contributed by atoms with E-state index in [1.807, 2.05) is 0 Å². The van der Waals surface area contributed by atoms with Crippen LogP contribution in [0.3, 0.4) is 0 Å². The van der Waals surface area contributed by atoms with E-state index < -0.39 is 0 Å². The highest BCUT2D eigenvalue weighted by molar-refractivity contribution is 5.69. The van der Waals surface area contributed by atoms with Crippen molar-refractivity contribution in [2.75, 3.05) is 52.5 Å². The maximum atomic E-state index is 12.2. The summed E-state index contributed by atoms with van der Waals surface area (Å²) in [6.45, 7) is 21.2.